The first-order chi connectivity index (χ1) is 25.9. The van der Waals surface area contributed by atoms with E-state index < -0.39 is 20.8 Å². The van der Waals surface area contributed by atoms with E-state index in [9.17, 15) is 0 Å². The van der Waals surface area contributed by atoms with Gasteiger partial charge in [0.05, 0.1) is 20.3 Å². The SMILES string of the molecule is CCCNc1nc(NCCC)[nH+]c(N(C)OCC2CC2)n1.CCCNc1nc(NCCC)nc(N(C)OCC2CC2)n1.CCI.O=S(=O)(O)O.O=S(=O)([O-])O. The summed E-state index contributed by atoms with van der Waals surface area (Å²) in [6, 6.07) is 0. The van der Waals surface area contributed by atoms with Gasteiger partial charge in [0, 0.05) is 33.2 Å². The molecular weight excluding hydrogens is 879 g/mol. The fourth-order valence-corrected chi connectivity index (χ4v) is 3.44. The summed E-state index contributed by atoms with van der Waals surface area (Å²) in [6.45, 7) is 15.4. The number of H-pyrrole nitrogens is 1. The Kier molecular flexibility index (Phi) is 28.0. The maximum Gasteiger partial charge on any atom is 0.394 e. The number of alkyl halides is 1. The second kappa shape index (κ2) is 29.5. The van der Waals surface area contributed by atoms with Gasteiger partial charge in [-0.2, -0.15) is 28.4 Å². The monoisotopic (exact) mass is 940 g/mol. The number of hydroxylamine groups is 2. The van der Waals surface area contributed by atoms with Crippen molar-refractivity contribution in [1.82, 2.24) is 24.9 Å². The molecule has 8 N–H and O–H groups in total. The van der Waals surface area contributed by atoms with Gasteiger partial charge in [-0.1, -0.05) is 67.2 Å². The summed E-state index contributed by atoms with van der Waals surface area (Å²) in [5, 5.41) is 16.2. The lowest BCUT2D eigenvalue weighted by molar-refractivity contribution is -0.360. The third-order valence-electron chi connectivity index (χ3n) is 6.41. The van der Waals surface area contributed by atoms with Gasteiger partial charge in [0.2, 0.25) is 22.3 Å². The minimum absolute atomic E-state index is 0.530. The summed E-state index contributed by atoms with van der Waals surface area (Å²) >= 11 is 2.29. The number of aromatic amines is 1. The van der Waals surface area contributed by atoms with E-state index in [1.807, 2.05) is 14.1 Å². The van der Waals surface area contributed by atoms with Crippen LogP contribution in [0.2, 0.25) is 0 Å². The van der Waals surface area contributed by atoms with Crippen LogP contribution in [0.4, 0.5) is 35.7 Å². The van der Waals surface area contributed by atoms with Crippen LogP contribution >= 0.6 is 22.6 Å². The first-order valence-corrected chi connectivity index (χ1v) is 22.4. The smallest absolute Gasteiger partial charge is 0.394 e. The molecule has 0 aliphatic heterocycles. The predicted molar refractivity (Wildman–Crippen MR) is 219 cm³/mol. The van der Waals surface area contributed by atoms with Crippen LogP contribution in [0, 0.1) is 11.8 Å². The van der Waals surface area contributed by atoms with Crippen molar-refractivity contribution in [3.05, 3.63) is 0 Å². The number of anilines is 6. The molecule has 0 unspecified atom stereocenters. The van der Waals surface area contributed by atoms with E-state index in [1.54, 1.807) is 10.1 Å². The molecule has 0 saturated heterocycles. The number of rotatable bonds is 20. The molecule has 2 aliphatic carbocycles. The lowest BCUT2D eigenvalue weighted by Crippen LogP contribution is -2.31. The van der Waals surface area contributed by atoms with Crippen molar-refractivity contribution in [3.63, 3.8) is 0 Å². The molecule has 2 aliphatic rings. The van der Waals surface area contributed by atoms with Crippen LogP contribution in [0.25, 0.3) is 0 Å². The predicted octanol–water partition coefficient (Wildman–Crippen LogP) is 3.80. The first-order valence-electron chi connectivity index (χ1n) is 18.1. The Bertz CT molecular complexity index is 1350. The van der Waals surface area contributed by atoms with Gasteiger partial charge < -0.3 is 25.8 Å². The third kappa shape index (κ3) is 33.1. The second-order valence-corrected chi connectivity index (χ2v) is 15.2. The van der Waals surface area contributed by atoms with Crippen LogP contribution < -0.4 is 36.4 Å². The minimum atomic E-state index is -4.92. The number of nitrogens with zero attached hydrogens (tertiary/aromatic N) is 7. The van der Waals surface area contributed by atoms with Gasteiger partial charge in [0.15, 0.2) is 0 Å². The van der Waals surface area contributed by atoms with E-state index >= 15 is 0 Å². The van der Waals surface area contributed by atoms with E-state index in [0.29, 0.717) is 47.5 Å². The molecule has 0 atom stereocenters. The Morgan fingerprint density at radius 1 is 0.691 bits per heavy atom. The van der Waals surface area contributed by atoms with Crippen molar-refractivity contribution in [2.75, 3.05) is 89.3 Å². The van der Waals surface area contributed by atoms with E-state index in [4.69, 9.17) is 44.7 Å². The van der Waals surface area contributed by atoms with Gasteiger partial charge in [-0.3, -0.25) is 18.5 Å². The standard InChI is InChI=1S/2C14H26N6O.C2H5I.2H2O4S/c2*1-4-8-15-12-17-13(16-9-5-2)19-14(18-12)20(3)21-10-11-6-7-11;1-2-3;2*1-5(2,3)4/h2*11H,4-10H2,1-3H3,(H2,15,16,17,18,19);2H2,1H3;2*(H2,1,2,3,4). The molecule has 320 valence electrons. The van der Waals surface area contributed by atoms with Gasteiger partial charge in [0.1, 0.15) is 0 Å². The maximum absolute atomic E-state index is 8.74. The Balaban J connectivity index is 0.000000806. The molecule has 2 saturated carbocycles. The highest BCUT2D eigenvalue weighted by Gasteiger charge is 2.25. The Morgan fingerprint density at radius 2 is 1.04 bits per heavy atom. The summed E-state index contributed by atoms with van der Waals surface area (Å²) in [5.41, 5.74) is 0. The highest BCUT2D eigenvalue weighted by Crippen LogP contribution is 2.30. The molecule has 55 heavy (non-hydrogen) atoms. The fourth-order valence-electron chi connectivity index (χ4n) is 3.44. The van der Waals surface area contributed by atoms with Gasteiger partial charge in [-0.25, -0.2) is 23.3 Å². The number of halogens is 1. The van der Waals surface area contributed by atoms with Crippen LogP contribution in [-0.4, -0.2) is 118 Å². The van der Waals surface area contributed by atoms with Crippen molar-refractivity contribution in [2.24, 2.45) is 11.8 Å². The van der Waals surface area contributed by atoms with Gasteiger partial charge in [0.25, 0.3) is 5.95 Å². The lowest BCUT2D eigenvalue weighted by Gasteiger charge is -2.18. The zero-order valence-corrected chi connectivity index (χ0v) is 36.6. The van der Waals surface area contributed by atoms with Crippen molar-refractivity contribution in [2.45, 2.75) is 86.0 Å². The molecule has 0 aromatic carbocycles. The van der Waals surface area contributed by atoms with E-state index in [2.05, 4.69) is 108 Å². The van der Waals surface area contributed by atoms with Crippen LogP contribution in [-0.2, 0) is 30.5 Å². The zero-order chi connectivity index (χ0) is 41.9. The lowest BCUT2D eigenvalue weighted by atomic mass is 10.5. The van der Waals surface area contributed by atoms with Gasteiger partial charge in [-0.15, -0.1) is 0 Å². The van der Waals surface area contributed by atoms with E-state index in [1.165, 1.54) is 30.1 Å². The maximum atomic E-state index is 8.74. The summed E-state index contributed by atoms with van der Waals surface area (Å²) in [5.74, 6) is 5.10. The first kappa shape index (κ1) is 52.2. The molecule has 4 rings (SSSR count). The molecule has 0 amide bonds. The summed E-state index contributed by atoms with van der Waals surface area (Å²) in [6.07, 6.45) is 9.18. The van der Waals surface area contributed by atoms with Crippen LogP contribution in [0.15, 0.2) is 0 Å². The molecule has 2 fully saturated rings. The average Bonchev–Trinajstić information content (AvgIpc) is 4.04. The van der Waals surface area contributed by atoms with Crippen LogP contribution in [0.3, 0.4) is 0 Å². The molecule has 25 heteroatoms. The van der Waals surface area contributed by atoms with Crippen molar-refractivity contribution >= 4 is 79.1 Å². The molecule has 2 aromatic rings. The Labute approximate surface area is 339 Å². The van der Waals surface area contributed by atoms with Crippen molar-refractivity contribution in [3.8, 4) is 0 Å². The third-order valence-corrected chi connectivity index (χ3v) is 6.41. The van der Waals surface area contributed by atoms with Crippen molar-refractivity contribution in [1.29, 1.82) is 0 Å². The number of hydrogen-bond donors (Lipinski definition) is 7. The highest BCUT2D eigenvalue weighted by atomic mass is 127. The number of nitrogens with one attached hydrogen (secondary N) is 5. The topological polar surface area (TPSA) is 304 Å². The number of hydrogen-bond acceptors (Lipinski definition) is 18. The van der Waals surface area contributed by atoms with Crippen LogP contribution in [0.5, 0.6) is 0 Å². The van der Waals surface area contributed by atoms with E-state index in [-0.39, 0.29) is 0 Å². The normalized spacial score (nSPS) is 13.2. The molecule has 2 aromatic heterocycles. The average molecular weight is 941 g/mol. The van der Waals surface area contributed by atoms with Crippen molar-refractivity contribution < 1.29 is 49.7 Å². The summed E-state index contributed by atoms with van der Waals surface area (Å²) in [7, 11) is -5.88. The van der Waals surface area contributed by atoms with Gasteiger partial charge >= 0.3 is 28.2 Å². The molecule has 0 bridgehead atoms. The van der Waals surface area contributed by atoms with Gasteiger partial charge in [-0.05, 0) is 67.6 Å². The Morgan fingerprint density at radius 3 is 1.40 bits per heavy atom. The largest absolute Gasteiger partial charge is 0.726 e. The van der Waals surface area contributed by atoms with E-state index in [0.717, 1.165) is 65.1 Å². The number of aromatic nitrogens is 6. The summed E-state index contributed by atoms with van der Waals surface area (Å²) < 4.78 is 65.6. The molecule has 22 nitrogen and oxygen atoms in total. The van der Waals surface area contributed by atoms with Crippen LogP contribution in [0.1, 0.15) is 86.0 Å². The fraction of sp³-hybridized carbons (Fsp3) is 0.800. The molecule has 0 spiro atoms. The molecular formula is C30H61IN12O10S2. The zero-order valence-electron chi connectivity index (χ0n) is 32.8. The molecule has 0 radical (unpaired) electrons. The highest BCUT2D eigenvalue weighted by molar-refractivity contribution is 14.1. The Hall–Kier alpha value is -2.79. The second-order valence-electron chi connectivity index (χ2n) is 12.0. The summed E-state index contributed by atoms with van der Waals surface area (Å²) in [4.78, 5) is 36.7. The minimum Gasteiger partial charge on any atom is -0.726 e. The molecule has 2 heterocycles. The quantitative estimate of drug-likeness (QED) is 0.0326.